The highest BCUT2D eigenvalue weighted by molar-refractivity contribution is 8.05. The Morgan fingerprint density at radius 3 is 2.08 bits per heavy atom. The van der Waals surface area contributed by atoms with Crippen LogP contribution < -0.4 is 9.64 Å². The van der Waals surface area contributed by atoms with E-state index in [1.165, 1.54) is 52.5 Å². The van der Waals surface area contributed by atoms with E-state index in [9.17, 15) is 0 Å². The normalized spacial score (nSPS) is 14.0. The maximum atomic E-state index is 6.93. The molecule has 0 radical (unpaired) electrons. The van der Waals surface area contributed by atoms with E-state index in [0.29, 0.717) is 0 Å². The minimum atomic E-state index is -0.238. The molecule has 7 aromatic carbocycles. The lowest BCUT2D eigenvalue weighted by atomic mass is 9.75. The van der Waals surface area contributed by atoms with Crippen LogP contribution in [0.15, 0.2) is 177 Å². The molecule has 0 saturated heterocycles. The van der Waals surface area contributed by atoms with Crippen molar-refractivity contribution in [2.24, 2.45) is 0 Å². The van der Waals surface area contributed by atoms with Gasteiger partial charge in [0.2, 0.25) is 0 Å². The van der Waals surface area contributed by atoms with Gasteiger partial charge in [0.15, 0.2) is 5.75 Å². The van der Waals surface area contributed by atoms with E-state index >= 15 is 0 Å². The molecule has 2 aliphatic rings. The van der Waals surface area contributed by atoms with E-state index in [1.807, 2.05) is 23.5 Å². The van der Waals surface area contributed by atoms with Crippen molar-refractivity contribution in [1.82, 2.24) is 4.57 Å². The summed E-state index contributed by atoms with van der Waals surface area (Å²) in [6.07, 6.45) is 0. The lowest BCUT2D eigenvalue weighted by Gasteiger charge is -2.38. The highest BCUT2D eigenvalue weighted by Crippen LogP contribution is 2.57. The molecule has 5 heteroatoms. The SMILES string of the molecule is CC1(C)c2ccccc2Oc2c(N(c3ccc4c(c3)c3ccccc3n4-c3ccccc3)c3cccc4c3Sc3ccccc3S4)cccc21. The summed E-state index contributed by atoms with van der Waals surface area (Å²) in [7, 11) is 0. The minimum Gasteiger partial charge on any atom is -0.455 e. The molecule has 0 saturated carbocycles. The molecule has 1 aromatic heterocycles. The molecule has 0 fully saturated rings. The van der Waals surface area contributed by atoms with Gasteiger partial charge >= 0.3 is 0 Å². The first-order valence-electron chi connectivity index (χ1n) is 16.9. The van der Waals surface area contributed by atoms with Crippen LogP contribution in [-0.2, 0) is 5.41 Å². The van der Waals surface area contributed by atoms with Gasteiger partial charge in [0.05, 0.1) is 27.3 Å². The van der Waals surface area contributed by atoms with Gasteiger partial charge < -0.3 is 14.2 Å². The van der Waals surface area contributed by atoms with Gasteiger partial charge in [0, 0.05) is 53.4 Å². The van der Waals surface area contributed by atoms with Gasteiger partial charge in [0.1, 0.15) is 5.75 Å². The molecule has 0 atom stereocenters. The largest absolute Gasteiger partial charge is 0.455 e. The van der Waals surface area contributed by atoms with Gasteiger partial charge in [-0.25, -0.2) is 0 Å². The summed E-state index contributed by atoms with van der Waals surface area (Å²) in [4.78, 5) is 7.50. The standard InChI is InChI=1S/C45H32N2OS2/c1-45(2)33-17-7-9-22-39(33)48-43-34(45)18-12-20-37(43)47(38-21-13-25-42-44(38)50-41-24-11-10-23-40(41)49-42)30-26-27-36-32(28-30)31-16-6-8-19-35(31)46(36)29-14-4-3-5-15-29/h3-28H,1-2H3. The van der Waals surface area contributed by atoms with Crippen LogP contribution in [0.5, 0.6) is 11.5 Å². The van der Waals surface area contributed by atoms with Crippen molar-refractivity contribution < 1.29 is 4.74 Å². The quantitative estimate of drug-likeness (QED) is 0.184. The molecule has 0 unspecified atom stereocenters. The molecule has 0 amide bonds. The third kappa shape index (κ3) is 4.47. The highest BCUT2D eigenvalue weighted by atomic mass is 32.2. The molecule has 2 aliphatic heterocycles. The predicted octanol–water partition coefficient (Wildman–Crippen LogP) is 13.3. The number of ether oxygens (including phenoxy) is 1. The van der Waals surface area contributed by atoms with Crippen LogP contribution in [-0.4, -0.2) is 4.57 Å². The predicted molar refractivity (Wildman–Crippen MR) is 209 cm³/mol. The topological polar surface area (TPSA) is 17.4 Å². The lowest BCUT2D eigenvalue weighted by molar-refractivity contribution is 0.419. The molecule has 8 aromatic rings. The Bertz CT molecular complexity index is 2620. The first-order valence-corrected chi connectivity index (χ1v) is 18.6. The molecule has 50 heavy (non-hydrogen) atoms. The average molecular weight is 681 g/mol. The second-order valence-electron chi connectivity index (χ2n) is 13.4. The Kier molecular flexibility index (Phi) is 6.70. The highest BCUT2D eigenvalue weighted by Gasteiger charge is 2.37. The Labute approximate surface area is 300 Å². The zero-order valence-electron chi connectivity index (χ0n) is 27.6. The van der Waals surface area contributed by atoms with Crippen molar-refractivity contribution in [2.45, 2.75) is 38.8 Å². The summed E-state index contributed by atoms with van der Waals surface area (Å²) in [5.41, 5.74) is 8.90. The van der Waals surface area contributed by atoms with E-state index in [1.54, 1.807) is 0 Å². The smallest absolute Gasteiger partial charge is 0.155 e. The van der Waals surface area contributed by atoms with Gasteiger partial charge in [-0.3, -0.25) is 0 Å². The van der Waals surface area contributed by atoms with Crippen molar-refractivity contribution in [2.75, 3.05) is 4.90 Å². The third-order valence-electron chi connectivity index (χ3n) is 10.1. The second kappa shape index (κ2) is 11.3. The van der Waals surface area contributed by atoms with Crippen LogP contribution in [0.4, 0.5) is 17.1 Å². The van der Waals surface area contributed by atoms with E-state index in [0.717, 1.165) is 34.2 Å². The fourth-order valence-electron chi connectivity index (χ4n) is 7.70. The van der Waals surface area contributed by atoms with Gasteiger partial charge in [-0.1, -0.05) is 122 Å². The first kappa shape index (κ1) is 29.5. The molecule has 0 bridgehead atoms. The number of hydrogen-bond acceptors (Lipinski definition) is 4. The number of nitrogens with zero attached hydrogens (tertiary/aromatic N) is 2. The van der Waals surface area contributed by atoms with Gasteiger partial charge in [0.25, 0.3) is 0 Å². The van der Waals surface area contributed by atoms with Crippen molar-refractivity contribution in [3.05, 3.63) is 169 Å². The second-order valence-corrected chi connectivity index (χ2v) is 15.5. The van der Waals surface area contributed by atoms with E-state index < -0.39 is 0 Å². The summed E-state index contributed by atoms with van der Waals surface area (Å²) < 4.78 is 9.30. The summed E-state index contributed by atoms with van der Waals surface area (Å²) >= 11 is 3.70. The Hall–Kier alpha value is -5.36. The first-order chi connectivity index (χ1) is 24.6. The maximum Gasteiger partial charge on any atom is 0.155 e. The Morgan fingerprint density at radius 2 is 1.20 bits per heavy atom. The summed E-state index contributed by atoms with van der Waals surface area (Å²) in [6.45, 7) is 4.61. The van der Waals surface area contributed by atoms with Crippen LogP contribution >= 0.6 is 23.5 Å². The number of aromatic nitrogens is 1. The van der Waals surface area contributed by atoms with Crippen LogP contribution in [0.1, 0.15) is 25.0 Å². The molecular formula is C45H32N2OS2. The number of anilines is 3. The molecule has 0 spiro atoms. The third-order valence-corrected chi connectivity index (χ3v) is 12.7. The summed E-state index contributed by atoms with van der Waals surface area (Å²) in [5, 5.41) is 2.43. The summed E-state index contributed by atoms with van der Waals surface area (Å²) in [5.74, 6) is 1.81. The fourth-order valence-corrected chi connectivity index (χ4v) is 10.1. The van der Waals surface area contributed by atoms with Crippen molar-refractivity contribution in [3.8, 4) is 17.2 Å². The van der Waals surface area contributed by atoms with Gasteiger partial charge in [-0.05, 0) is 72.8 Å². The monoisotopic (exact) mass is 680 g/mol. The molecule has 10 rings (SSSR count). The van der Waals surface area contributed by atoms with Crippen LogP contribution in [0.25, 0.3) is 27.5 Å². The van der Waals surface area contributed by atoms with Crippen LogP contribution in [0.2, 0.25) is 0 Å². The van der Waals surface area contributed by atoms with Gasteiger partial charge in [-0.2, -0.15) is 0 Å². The average Bonchev–Trinajstić information content (AvgIpc) is 3.49. The van der Waals surface area contributed by atoms with Crippen LogP contribution in [0.3, 0.4) is 0 Å². The molecule has 0 aliphatic carbocycles. The summed E-state index contributed by atoms with van der Waals surface area (Å²) in [6, 6.07) is 56.8. The molecule has 0 N–H and O–H groups in total. The number of rotatable bonds is 4. The van der Waals surface area contributed by atoms with Crippen molar-refractivity contribution >= 4 is 62.4 Å². The number of para-hydroxylation sites is 4. The zero-order valence-corrected chi connectivity index (χ0v) is 29.3. The molecule has 3 nitrogen and oxygen atoms in total. The van der Waals surface area contributed by atoms with E-state index in [4.69, 9.17) is 4.74 Å². The fraction of sp³-hybridized carbons (Fsp3) is 0.0667. The maximum absolute atomic E-state index is 6.93. The lowest BCUT2D eigenvalue weighted by Crippen LogP contribution is -2.25. The zero-order chi connectivity index (χ0) is 33.4. The van der Waals surface area contributed by atoms with E-state index in [2.05, 4.69) is 181 Å². The molecule has 240 valence electrons. The molecule has 3 heterocycles. The van der Waals surface area contributed by atoms with Crippen molar-refractivity contribution in [1.29, 1.82) is 0 Å². The minimum absolute atomic E-state index is 0.238. The van der Waals surface area contributed by atoms with Crippen LogP contribution in [0, 0.1) is 0 Å². The number of benzene rings is 7. The van der Waals surface area contributed by atoms with E-state index in [-0.39, 0.29) is 5.41 Å². The Balaban J connectivity index is 1.24. The molecular weight excluding hydrogens is 649 g/mol. The number of fused-ring (bicyclic) bond motifs is 7. The van der Waals surface area contributed by atoms with Gasteiger partial charge in [-0.15, -0.1) is 0 Å². The Morgan fingerprint density at radius 1 is 0.540 bits per heavy atom. The number of hydrogen-bond donors (Lipinski definition) is 0. The van der Waals surface area contributed by atoms with Crippen molar-refractivity contribution in [3.63, 3.8) is 0 Å².